The minimum atomic E-state index is -0.220. The van der Waals surface area contributed by atoms with E-state index in [4.69, 9.17) is 0 Å². The first kappa shape index (κ1) is 18.9. The molecular weight excluding hydrogens is 346 g/mol. The first-order chi connectivity index (χ1) is 12.3. The highest BCUT2D eigenvalue weighted by Crippen LogP contribution is 2.28. The Balaban J connectivity index is 1.76. The topological polar surface area (TPSA) is 63.9 Å². The average molecular weight is 374 g/mol. The van der Waals surface area contributed by atoms with Gasteiger partial charge in [-0.1, -0.05) is 37.7 Å². The second kappa shape index (κ2) is 7.78. The van der Waals surface area contributed by atoms with Crippen molar-refractivity contribution in [2.75, 3.05) is 13.1 Å². The van der Waals surface area contributed by atoms with Crippen molar-refractivity contribution in [1.82, 2.24) is 25.1 Å². The van der Waals surface area contributed by atoms with Crippen LogP contribution in [0.2, 0.25) is 0 Å². The number of benzene rings is 1. The third kappa shape index (κ3) is 4.09. The Morgan fingerprint density at radius 3 is 2.62 bits per heavy atom. The molecule has 0 aliphatic carbocycles. The van der Waals surface area contributed by atoms with Gasteiger partial charge in [0.1, 0.15) is 0 Å². The van der Waals surface area contributed by atoms with Gasteiger partial charge in [-0.3, -0.25) is 4.79 Å². The molecule has 0 spiro atoms. The lowest BCUT2D eigenvalue weighted by molar-refractivity contribution is -0.132. The lowest BCUT2D eigenvalue weighted by atomic mass is 9.92. The zero-order valence-corrected chi connectivity index (χ0v) is 17.0. The summed E-state index contributed by atoms with van der Waals surface area (Å²) < 4.78 is 1.73. The third-order valence-electron chi connectivity index (χ3n) is 4.84. The van der Waals surface area contributed by atoms with Crippen molar-refractivity contribution >= 4 is 17.7 Å². The van der Waals surface area contributed by atoms with Crippen molar-refractivity contribution in [3.8, 4) is 5.69 Å². The number of thioether (sulfide) groups is 1. The predicted octanol–water partition coefficient (Wildman–Crippen LogP) is 3.26. The van der Waals surface area contributed by atoms with Crippen LogP contribution in [0.25, 0.3) is 5.69 Å². The molecule has 1 aliphatic rings. The number of nitrogens with zero attached hydrogens (tertiary/aromatic N) is 5. The van der Waals surface area contributed by atoms with Gasteiger partial charge in [0.15, 0.2) is 0 Å². The van der Waals surface area contributed by atoms with Crippen LogP contribution < -0.4 is 0 Å². The number of amides is 1. The number of tetrazole rings is 1. The van der Waals surface area contributed by atoms with E-state index in [2.05, 4.69) is 47.6 Å². The molecule has 2 heterocycles. The van der Waals surface area contributed by atoms with E-state index in [1.165, 1.54) is 18.2 Å². The zero-order valence-electron chi connectivity index (χ0n) is 16.1. The Bertz CT molecular complexity index is 780. The summed E-state index contributed by atoms with van der Waals surface area (Å²) in [5, 5.41) is 12.6. The number of likely N-dealkylation sites (tertiary alicyclic amines) is 1. The van der Waals surface area contributed by atoms with Crippen LogP contribution in [-0.4, -0.2) is 49.4 Å². The van der Waals surface area contributed by atoms with E-state index >= 15 is 0 Å². The Morgan fingerprint density at radius 1 is 1.23 bits per heavy atom. The summed E-state index contributed by atoms with van der Waals surface area (Å²) in [4.78, 5) is 14.9. The molecule has 3 atom stereocenters. The van der Waals surface area contributed by atoms with E-state index in [1.807, 2.05) is 25.7 Å². The van der Waals surface area contributed by atoms with Crippen LogP contribution in [0.3, 0.4) is 0 Å². The number of carbonyl (C=O) groups is 1. The van der Waals surface area contributed by atoms with Crippen LogP contribution >= 0.6 is 11.8 Å². The minimum Gasteiger partial charge on any atom is -0.341 e. The van der Waals surface area contributed by atoms with Crippen LogP contribution in [0.1, 0.15) is 38.3 Å². The van der Waals surface area contributed by atoms with Crippen LogP contribution in [0.5, 0.6) is 0 Å². The van der Waals surface area contributed by atoms with Gasteiger partial charge in [-0.2, -0.15) is 4.68 Å². The second-order valence-electron chi connectivity index (χ2n) is 7.61. The predicted molar refractivity (Wildman–Crippen MR) is 103 cm³/mol. The maximum absolute atomic E-state index is 12.9. The van der Waals surface area contributed by atoms with Crippen molar-refractivity contribution in [2.24, 2.45) is 11.8 Å². The molecule has 2 aromatic rings. The normalized spacial score (nSPS) is 21.7. The maximum Gasteiger partial charge on any atom is 0.235 e. The molecule has 0 unspecified atom stereocenters. The molecule has 1 saturated heterocycles. The molecule has 0 saturated carbocycles. The monoisotopic (exact) mass is 373 g/mol. The summed E-state index contributed by atoms with van der Waals surface area (Å²) in [5.41, 5.74) is 3.21. The summed E-state index contributed by atoms with van der Waals surface area (Å²) in [5.74, 6) is 1.28. The molecule has 1 aliphatic heterocycles. The molecule has 1 amide bonds. The van der Waals surface area contributed by atoms with Gasteiger partial charge < -0.3 is 4.90 Å². The van der Waals surface area contributed by atoms with Gasteiger partial charge in [0.25, 0.3) is 0 Å². The van der Waals surface area contributed by atoms with Crippen LogP contribution in [0.4, 0.5) is 0 Å². The number of aryl methyl sites for hydroxylation is 2. The van der Waals surface area contributed by atoms with Crippen molar-refractivity contribution in [3.05, 3.63) is 29.3 Å². The molecule has 0 bridgehead atoms. The fourth-order valence-electron chi connectivity index (χ4n) is 3.66. The molecule has 0 N–H and O–H groups in total. The van der Waals surface area contributed by atoms with Crippen molar-refractivity contribution in [1.29, 1.82) is 0 Å². The average Bonchev–Trinajstić information content (AvgIpc) is 3.03. The number of rotatable bonds is 4. The first-order valence-corrected chi connectivity index (χ1v) is 10.0. The Labute approximate surface area is 159 Å². The number of piperidine rings is 1. The largest absolute Gasteiger partial charge is 0.341 e. The lowest BCUT2D eigenvalue weighted by Crippen LogP contribution is -2.45. The number of hydrogen-bond acceptors (Lipinski definition) is 5. The zero-order chi connectivity index (χ0) is 18.8. The van der Waals surface area contributed by atoms with Crippen molar-refractivity contribution < 1.29 is 4.79 Å². The van der Waals surface area contributed by atoms with E-state index in [-0.39, 0.29) is 11.2 Å². The number of aromatic nitrogens is 4. The third-order valence-corrected chi connectivity index (χ3v) is 5.86. The fraction of sp³-hybridized carbons (Fsp3) is 0.579. The smallest absolute Gasteiger partial charge is 0.235 e. The van der Waals surface area contributed by atoms with Crippen LogP contribution in [0.15, 0.2) is 23.4 Å². The Morgan fingerprint density at radius 2 is 1.92 bits per heavy atom. The van der Waals surface area contributed by atoms with Crippen molar-refractivity contribution in [2.45, 2.75) is 51.4 Å². The molecule has 7 heteroatoms. The molecule has 1 aromatic heterocycles. The van der Waals surface area contributed by atoms with Gasteiger partial charge in [0.2, 0.25) is 11.1 Å². The van der Waals surface area contributed by atoms with Crippen LogP contribution in [-0.2, 0) is 4.79 Å². The molecule has 3 rings (SSSR count). The highest BCUT2D eigenvalue weighted by atomic mass is 32.2. The van der Waals surface area contributed by atoms with Crippen molar-refractivity contribution in [3.63, 3.8) is 0 Å². The molecule has 1 fully saturated rings. The molecule has 0 radical (unpaired) electrons. The molecule has 140 valence electrons. The van der Waals surface area contributed by atoms with E-state index in [0.29, 0.717) is 17.0 Å². The van der Waals surface area contributed by atoms with Crippen LogP contribution in [0, 0.1) is 25.7 Å². The highest BCUT2D eigenvalue weighted by molar-refractivity contribution is 8.00. The Kier molecular flexibility index (Phi) is 5.65. The minimum absolute atomic E-state index is 0.170. The summed E-state index contributed by atoms with van der Waals surface area (Å²) in [6, 6.07) is 6.20. The van der Waals surface area contributed by atoms with Gasteiger partial charge in [0, 0.05) is 13.1 Å². The van der Waals surface area contributed by atoms with Gasteiger partial charge >= 0.3 is 0 Å². The van der Waals surface area contributed by atoms with E-state index < -0.39 is 0 Å². The molecular formula is C19H27N5OS. The second-order valence-corrected chi connectivity index (χ2v) is 8.92. The van der Waals surface area contributed by atoms with Gasteiger partial charge in [0.05, 0.1) is 10.9 Å². The van der Waals surface area contributed by atoms with Gasteiger partial charge in [-0.15, -0.1) is 5.10 Å². The molecule has 1 aromatic carbocycles. The quantitative estimate of drug-likeness (QED) is 0.770. The number of carbonyl (C=O) groups excluding carboxylic acids is 1. The SMILES string of the molecule is Cc1ccc(C)c(-n2nnnc2S[C@@H](C)C(=O)N2C[C@@H](C)C[C@H](C)C2)c1. The highest BCUT2D eigenvalue weighted by Gasteiger charge is 2.29. The lowest BCUT2D eigenvalue weighted by Gasteiger charge is -2.36. The molecule has 6 nitrogen and oxygen atoms in total. The molecule has 26 heavy (non-hydrogen) atoms. The number of hydrogen-bond donors (Lipinski definition) is 0. The standard InChI is InChI=1S/C19H27N5OS/c1-12-6-7-15(4)17(9-12)24-19(20-21-22-24)26-16(5)18(25)23-10-13(2)8-14(3)11-23/h6-7,9,13-14,16H,8,10-11H2,1-5H3/t13-,14-,16-/m0/s1. The summed E-state index contributed by atoms with van der Waals surface area (Å²) in [6.45, 7) is 12.1. The summed E-state index contributed by atoms with van der Waals surface area (Å²) >= 11 is 1.43. The van der Waals surface area contributed by atoms with Gasteiger partial charge in [-0.25, -0.2) is 0 Å². The summed E-state index contributed by atoms with van der Waals surface area (Å²) in [6.07, 6.45) is 1.19. The fourth-order valence-corrected chi connectivity index (χ4v) is 4.54. The van der Waals surface area contributed by atoms with Gasteiger partial charge in [-0.05, 0) is 66.6 Å². The maximum atomic E-state index is 12.9. The van der Waals surface area contributed by atoms with E-state index in [1.54, 1.807) is 4.68 Å². The summed E-state index contributed by atoms with van der Waals surface area (Å²) in [7, 11) is 0. The Hall–Kier alpha value is -1.89. The van der Waals surface area contributed by atoms with E-state index in [9.17, 15) is 4.79 Å². The van der Waals surface area contributed by atoms with E-state index in [0.717, 1.165) is 29.9 Å². The first-order valence-electron chi connectivity index (χ1n) is 9.16.